The fraction of sp³-hybridized carbons (Fsp3) is 0.611. The molecule has 1 aromatic carbocycles. The molecule has 7 heteroatoms. The molecule has 2 aliphatic rings. The van der Waals surface area contributed by atoms with E-state index in [1.54, 1.807) is 16.4 Å². The maximum atomic E-state index is 12.4. The van der Waals surface area contributed by atoms with Crippen LogP contribution in [0, 0.1) is 5.92 Å². The highest BCUT2D eigenvalue weighted by atomic mass is 32.2. The molecule has 25 heavy (non-hydrogen) atoms. The monoisotopic (exact) mass is 366 g/mol. The minimum atomic E-state index is -3.07. The molecule has 1 aromatic rings. The van der Waals surface area contributed by atoms with Crippen LogP contribution in [-0.2, 0) is 10.0 Å². The molecule has 1 aliphatic carbocycles. The zero-order valence-corrected chi connectivity index (χ0v) is 15.4. The first-order chi connectivity index (χ1) is 12.0. The van der Waals surface area contributed by atoms with Gasteiger partial charge in [0.2, 0.25) is 10.0 Å². The number of hydrogen-bond acceptors (Lipinski definition) is 4. The normalized spacial score (nSPS) is 19.6. The van der Waals surface area contributed by atoms with Crippen LogP contribution in [-0.4, -0.2) is 50.1 Å². The summed E-state index contributed by atoms with van der Waals surface area (Å²) >= 11 is 0. The molecule has 1 amide bonds. The lowest BCUT2D eigenvalue weighted by molar-refractivity contribution is 0.0937. The van der Waals surface area contributed by atoms with E-state index in [0.29, 0.717) is 43.5 Å². The van der Waals surface area contributed by atoms with Crippen molar-refractivity contribution in [2.75, 3.05) is 26.2 Å². The van der Waals surface area contributed by atoms with Gasteiger partial charge in [-0.05, 0) is 50.7 Å². The van der Waals surface area contributed by atoms with Crippen molar-refractivity contribution in [3.8, 4) is 5.75 Å². The molecule has 138 valence electrons. The molecule has 1 saturated heterocycles. The van der Waals surface area contributed by atoms with Gasteiger partial charge in [0.05, 0.1) is 17.4 Å². The molecule has 1 saturated carbocycles. The number of sulfonamides is 1. The summed E-state index contributed by atoms with van der Waals surface area (Å²) in [5.74, 6) is 0.763. The van der Waals surface area contributed by atoms with Crippen molar-refractivity contribution in [3.63, 3.8) is 0 Å². The number of hydrogen-bond donors (Lipinski definition) is 1. The molecular weight excluding hydrogens is 340 g/mol. The number of ether oxygens (including phenoxy) is 1. The number of carbonyl (C=O) groups is 1. The van der Waals surface area contributed by atoms with Crippen molar-refractivity contribution in [2.45, 2.75) is 37.9 Å². The first kappa shape index (κ1) is 18.2. The molecule has 3 rings (SSSR count). The second kappa shape index (κ2) is 7.74. The summed E-state index contributed by atoms with van der Waals surface area (Å²) in [5.41, 5.74) is 0.540. The fourth-order valence-corrected chi connectivity index (χ4v) is 5.09. The quantitative estimate of drug-likeness (QED) is 0.801. The van der Waals surface area contributed by atoms with Gasteiger partial charge in [-0.15, -0.1) is 0 Å². The number of para-hydroxylation sites is 1. The molecule has 0 spiro atoms. The summed E-state index contributed by atoms with van der Waals surface area (Å²) in [7, 11) is -3.07. The molecular formula is C18H26N2O4S. The van der Waals surface area contributed by atoms with Crippen LogP contribution in [0.4, 0.5) is 0 Å². The zero-order chi connectivity index (χ0) is 17.9. The minimum Gasteiger partial charge on any atom is -0.493 e. The molecule has 0 atom stereocenters. The summed E-state index contributed by atoms with van der Waals surface area (Å²) in [6, 6.07) is 7.21. The molecule has 6 nitrogen and oxygen atoms in total. The molecule has 1 N–H and O–H groups in total. The molecule has 0 radical (unpaired) electrons. The van der Waals surface area contributed by atoms with Crippen LogP contribution in [0.1, 0.15) is 43.0 Å². The van der Waals surface area contributed by atoms with E-state index in [0.717, 1.165) is 25.7 Å². The minimum absolute atomic E-state index is 0.140. The Morgan fingerprint density at radius 3 is 2.52 bits per heavy atom. The first-order valence-corrected chi connectivity index (χ1v) is 10.5. The lowest BCUT2D eigenvalue weighted by Crippen LogP contribution is -2.42. The number of carbonyl (C=O) groups excluding carboxylic acids is 1. The summed E-state index contributed by atoms with van der Waals surface area (Å²) in [5, 5.41) is 2.83. The van der Waals surface area contributed by atoms with Gasteiger partial charge in [0.15, 0.2) is 0 Å². The Morgan fingerprint density at radius 1 is 1.20 bits per heavy atom. The average Bonchev–Trinajstić information content (AvgIpc) is 3.46. The summed E-state index contributed by atoms with van der Waals surface area (Å²) in [6.07, 6.45) is 3.19. The van der Waals surface area contributed by atoms with Crippen molar-refractivity contribution in [1.82, 2.24) is 9.62 Å². The van der Waals surface area contributed by atoms with Crippen LogP contribution in [0.25, 0.3) is 0 Å². The Morgan fingerprint density at radius 2 is 1.88 bits per heavy atom. The lowest BCUT2D eigenvalue weighted by atomic mass is 9.98. The fourth-order valence-electron chi connectivity index (χ4n) is 3.21. The number of amides is 1. The smallest absolute Gasteiger partial charge is 0.255 e. The summed E-state index contributed by atoms with van der Waals surface area (Å²) in [4.78, 5) is 12.4. The van der Waals surface area contributed by atoms with Gasteiger partial charge >= 0.3 is 0 Å². The molecule has 1 heterocycles. The van der Waals surface area contributed by atoms with E-state index in [-0.39, 0.29) is 11.2 Å². The highest BCUT2D eigenvalue weighted by Gasteiger charge is 2.41. The largest absolute Gasteiger partial charge is 0.493 e. The molecule has 0 bridgehead atoms. The van der Waals surface area contributed by atoms with E-state index >= 15 is 0 Å². The van der Waals surface area contributed by atoms with Gasteiger partial charge in [0.25, 0.3) is 5.91 Å². The average molecular weight is 366 g/mol. The van der Waals surface area contributed by atoms with Crippen LogP contribution >= 0.6 is 0 Å². The molecule has 1 aliphatic heterocycles. The number of piperidine rings is 1. The predicted octanol–water partition coefficient (Wildman–Crippen LogP) is 2.02. The Labute approximate surface area is 149 Å². The van der Waals surface area contributed by atoms with E-state index in [9.17, 15) is 13.2 Å². The van der Waals surface area contributed by atoms with E-state index < -0.39 is 10.0 Å². The number of benzene rings is 1. The van der Waals surface area contributed by atoms with Crippen molar-refractivity contribution in [1.29, 1.82) is 0 Å². The Balaban J connectivity index is 1.49. The number of nitrogens with one attached hydrogen (secondary N) is 1. The lowest BCUT2D eigenvalue weighted by Gasteiger charge is -2.31. The molecule has 0 aromatic heterocycles. The van der Waals surface area contributed by atoms with Crippen LogP contribution in [0.15, 0.2) is 24.3 Å². The standard InChI is InChI=1S/C18H26N2O4S/c1-2-24-17-6-4-3-5-16(17)18(21)19-13-14-9-11-20(12-10-14)25(22,23)15-7-8-15/h3-6,14-15H,2,7-13H2,1H3,(H,19,21). The van der Waals surface area contributed by atoms with Crippen molar-refractivity contribution in [3.05, 3.63) is 29.8 Å². The predicted molar refractivity (Wildman–Crippen MR) is 96.2 cm³/mol. The molecule has 0 unspecified atom stereocenters. The van der Waals surface area contributed by atoms with Crippen LogP contribution in [0.5, 0.6) is 5.75 Å². The van der Waals surface area contributed by atoms with Crippen molar-refractivity contribution >= 4 is 15.9 Å². The Kier molecular flexibility index (Phi) is 5.64. The third-order valence-electron chi connectivity index (χ3n) is 4.86. The second-order valence-corrected chi connectivity index (χ2v) is 8.94. The van der Waals surface area contributed by atoms with Gasteiger partial charge in [0.1, 0.15) is 5.75 Å². The van der Waals surface area contributed by atoms with E-state index in [1.807, 2.05) is 19.1 Å². The highest BCUT2D eigenvalue weighted by molar-refractivity contribution is 7.90. The molecule has 2 fully saturated rings. The zero-order valence-electron chi connectivity index (χ0n) is 14.6. The first-order valence-electron chi connectivity index (χ1n) is 9.01. The number of nitrogens with zero attached hydrogens (tertiary/aromatic N) is 1. The van der Waals surface area contributed by atoms with Gasteiger partial charge in [-0.1, -0.05) is 12.1 Å². The summed E-state index contributed by atoms with van der Waals surface area (Å²) in [6.45, 7) is 4.09. The van der Waals surface area contributed by atoms with Crippen molar-refractivity contribution in [2.24, 2.45) is 5.92 Å². The Bertz CT molecular complexity index is 708. The van der Waals surface area contributed by atoms with Gasteiger partial charge in [-0.3, -0.25) is 4.79 Å². The van der Waals surface area contributed by atoms with Crippen LogP contribution in [0.2, 0.25) is 0 Å². The SMILES string of the molecule is CCOc1ccccc1C(=O)NCC1CCN(S(=O)(=O)C2CC2)CC1. The van der Waals surface area contributed by atoms with Gasteiger partial charge in [-0.2, -0.15) is 0 Å². The van der Waals surface area contributed by atoms with Crippen molar-refractivity contribution < 1.29 is 17.9 Å². The van der Waals surface area contributed by atoms with Gasteiger partial charge in [0, 0.05) is 19.6 Å². The maximum absolute atomic E-state index is 12.4. The maximum Gasteiger partial charge on any atom is 0.255 e. The second-order valence-electron chi connectivity index (χ2n) is 6.73. The number of rotatable bonds is 7. The Hall–Kier alpha value is -1.60. The highest BCUT2D eigenvalue weighted by Crippen LogP contribution is 2.33. The summed E-state index contributed by atoms with van der Waals surface area (Å²) < 4.78 is 31.6. The van der Waals surface area contributed by atoms with Crippen LogP contribution in [0.3, 0.4) is 0 Å². The topological polar surface area (TPSA) is 75.7 Å². The van der Waals surface area contributed by atoms with Crippen LogP contribution < -0.4 is 10.1 Å². The van der Waals surface area contributed by atoms with Gasteiger partial charge < -0.3 is 10.1 Å². The van der Waals surface area contributed by atoms with Gasteiger partial charge in [-0.25, -0.2) is 12.7 Å². The third kappa shape index (κ3) is 4.33. The van der Waals surface area contributed by atoms with E-state index in [1.165, 1.54) is 0 Å². The van der Waals surface area contributed by atoms with E-state index in [2.05, 4.69) is 5.32 Å². The third-order valence-corrected chi connectivity index (χ3v) is 7.26. The van der Waals surface area contributed by atoms with E-state index in [4.69, 9.17) is 4.74 Å².